The molecule has 0 saturated heterocycles. The summed E-state index contributed by atoms with van der Waals surface area (Å²) in [5.41, 5.74) is 1.72. The van der Waals surface area contributed by atoms with Gasteiger partial charge in [-0.3, -0.25) is 0 Å². The quantitative estimate of drug-likeness (QED) is 0.588. The topological polar surface area (TPSA) is 12.0 Å². The second-order valence-electron chi connectivity index (χ2n) is 5.79. The average Bonchev–Trinajstić information content (AvgIpc) is 2.81. The molecule has 1 N–H and O–H groups in total. The largest absolute Gasteiger partial charge is 0.316 e. The number of benzene rings is 1. The predicted molar refractivity (Wildman–Crippen MR) is 85.9 cm³/mol. The van der Waals surface area contributed by atoms with E-state index in [2.05, 4.69) is 56.1 Å². The molecule has 0 spiro atoms. The molecular formula is C17H25NS. The normalized spacial score (nSPS) is 20.8. The van der Waals surface area contributed by atoms with Gasteiger partial charge >= 0.3 is 0 Å². The van der Waals surface area contributed by atoms with Crippen LogP contribution in [-0.2, 0) is 6.42 Å². The van der Waals surface area contributed by atoms with Crippen molar-refractivity contribution in [2.24, 2.45) is 5.41 Å². The minimum absolute atomic E-state index is 0.203. The zero-order valence-electron chi connectivity index (χ0n) is 12.1. The number of thioether (sulfide) groups is 1. The van der Waals surface area contributed by atoms with Gasteiger partial charge in [-0.25, -0.2) is 0 Å². The molecule has 1 heterocycles. The van der Waals surface area contributed by atoms with Crippen molar-refractivity contribution in [2.45, 2.75) is 43.3 Å². The SMILES string of the molecule is C=CC(C)(CNCCC)CC1Cc2ccccc2S1. The van der Waals surface area contributed by atoms with Crippen LogP contribution in [0, 0.1) is 5.41 Å². The highest BCUT2D eigenvalue weighted by atomic mass is 32.2. The first-order chi connectivity index (χ1) is 9.17. The lowest BCUT2D eigenvalue weighted by Crippen LogP contribution is -2.33. The Bertz CT molecular complexity index is 404. The van der Waals surface area contributed by atoms with Crippen molar-refractivity contribution in [1.82, 2.24) is 5.32 Å². The van der Waals surface area contributed by atoms with Crippen LogP contribution in [0.1, 0.15) is 32.3 Å². The van der Waals surface area contributed by atoms with Gasteiger partial charge in [-0.05, 0) is 42.9 Å². The van der Waals surface area contributed by atoms with Gasteiger partial charge in [-0.2, -0.15) is 0 Å². The van der Waals surface area contributed by atoms with E-state index in [1.807, 2.05) is 11.8 Å². The molecule has 2 unspecified atom stereocenters. The van der Waals surface area contributed by atoms with Crippen LogP contribution in [-0.4, -0.2) is 18.3 Å². The van der Waals surface area contributed by atoms with Crippen LogP contribution in [0.15, 0.2) is 41.8 Å². The summed E-state index contributed by atoms with van der Waals surface area (Å²) in [4.78, 5) is 1.47. The fraction of sp³-hybridized carbons (Fsp3) is 0.529. The van der Waals surface area contributed by atoms with E-state index in [-0.39, 0.29) is 5.41 Å². The van der Waals surface area contributed by atoms with Crippen LogP contribution in [0.2, 0.25) is 0 Å². The summed E-state index contributed by atoms with van der Waals surface area (Å²) in [5.74, 6) is 0. The summed E-state index contributed by atoms with van der Waals surface area (Å²) in [6, 6.07) is 8.81. The van der Waals surface area contributed by atoms with Crippen LogP contribution < -0.4 is 5.32 Å². The molecule has 1 nitrogen and oxygen atoms in total. The van der Waals surface area contributed by atoms with E-state index in [9.17, 15) is 0 Å². The first-order valence-electron chi connectivity index (χ1n) is 7.26. The number of hydrogen-bond donors (Lipinski definition) is 1. The second kappa shape index (κ2) is 6.62. The van der Waals surface area contributed by atoms with Gasteiger partial charge in [0, 0.05) is 16.7 Å². The van der Waals surface area contributed by atoms with Gasteiger partial charge in [0.2, 0.25) is 0 Å². The Hall–Kier alpha value is -0.730. The molecule has 1 aliphatic heterocycles. The average molecular weight is 275 g/mol. The Morgan fingerprint density at radius 2 is 2.26 bits per heavy atom. The maximum atomic E-state index is 4.05. The summed E-state index contributed by atoms with van der Waals surface area (Å²) in [6.45, 7) is 10.7. The minimum Gasteiger partial charge on any atom is -0.316 e. The Balaban J connectivity index is 1.92. The Morgan fingerprint density at radius 1 is 1.47 bits per heavy atom. The lowest BCUT2D eigenvalue weighted by molar-refractivity contribution is 0.361. The Morgan fingerprint density at radius 3 is 2.95 bits per heavy atom. The maximum absolute atomic E-state index is 4.05. The zero-order chi connectivity index (χ0) is 13.7. The molecule has 1 aliphatic rings. The highest BCUT2D eigenvalue weighted by molar-refractivity contribution is 8.00. The van der Waals surface area contributed by atoms with Crippen LogP contribution in [0.5, 0.6) is 0 Å². The third kappa shape index (κ3) is 3.87. The molecule has 0 saturated carbocycles. The van der Waals surface area contributed by atoms with Gasteiger partial charge in [0.1, 0.15) is 0 Å². The van der Waals surface area contributed by atoms with Crippen LogP contribution in [0.25, 0.3) is 0 Å². The Labute approximate surface area is 121 Å². The van der Waals surface area contributed by atoms with Gasteiger partial charge in [0.25, 0.3) is 0 Å². The molecule has 2 rings (SSSR count). The van der Waals surface area contributed by atoms with Gasteiger partial charge in [0.05, 0.1) is 0 Å². The molecule has 0 aliphatic carbocycles. The first kappa shape index (κ1) is 14.7. The number of nitrogens with one attached hydrogen (secondary N) is 1. The van der Waals surface area contributed by atoms with Crippen molar-refractivity contribution in [3.63, 3.8) is 0 Å². The lowest BCUT2D eigenvalue weighted by Gasteiger charge is -2.29. The third-order valence-electron chi connectivity index (χ3n) is 3.86. The van der Waals surface area contributed by atoms with Crippen molar-refractivity contribution in [1.29, 1.82) is 0 Å². The second-order valence-corrected chi connectivity index (χ2v) is 7.13. The molecule has 2 heteroatoms. The molecule has 0 aromatic heterocycles. The van der Waals surface area contributed by atoms with E-state index in [0.717, 1.165) is 13.1 Å². The van der Waals surface area contributed by atoms with Crippen molar-refractivity contribution < 1.29 is 0 Å². The summed E-state index contributed by atoms with van der Waals surface area (Å²) in [5, 5.41) is 4.24. The highest BCUT2D eigenvalue weighted by Crippen LogP contribution is 2.42. The molecular weight excluding hydrogens is 250 g/mol. The van der Waals surface area contributed by atoms with E-state index >= 15 is 0 Å². The van der Waals surface area contributed by atoms with E-state index in [0.29, 0.717) is 5.25 Å². The van der Waals surface area contributed by atoms with Gasteiger partial charge < -0.3 is 5.32 Å². The van der Waals surface area contributed by atoms with Crippen LogP contribution in [0.3, 0.4) is 0 Å². The molecule has 0 bridgehead atoms. The van der Waals surface area contributed by atoms with Crippen LogP contribution >= 0.6 is 11.8 Å². The van der Waals surface area contributed by atoms with Crippen LogP contribution in [0.4, 0.5) is 0 Å². The van der Waals surface area contributed by atoms with Crippen molar-refractivity contribution in [3.8, 4) is 0 Å². The van der Waals surface area contributed by atoms with E-state index < -0.39 is 0 Å². The maximum Gasteiger partial charge on any atom is 0.0144 e. The zero-order valence-corrected chi connectivity index (χ0v) is 12.9. The summed E-state index contributed by atoms with van der Waals surface area (Å²) in [7, 11) is 0. The molecule has 2 atom stereocenters. The van der Waals surface area contributed by atoms with E-state index in [1.165, 1.54) is 29.7 Å². The molecule has 0 radical (unpaired) electrons. The molecule has 19 heavy (non-hydrogen) atoms. The number of fused-ring (bicyclic) bond motifs is 1. The summed E-state index contributed by atoms with van der Waals surface area (Å²) >= 11 is 2.04. The smallest absolute Gasteiger partial charge is 0.0144 e. The molecule has 0 fully saturated rings. The van der Waals surface area contributed by atoms with Crippen molar-refractivity contribution in [3.05, 3.63) is 42.5 Å². The van der Waals surface area contributed by atoms with E-state index in [1.54, 1.807) is 0 Å². The molecule has 1 aromatic rings. The molecule has 1 aromatic carbocycles. The van der Waals surface area contributed by atoms with E-state index in [4.69, 9.17) is 0 Å². The lowest BCUT2D eigenvalue weighted by atomic mass is 9.84. The van der Waals surface area contributed by atoms with Gasteiger partial charge in [0.15, 0.2) is 0 Å². The fourth-order valence-electron chi connectivity index (χ4n) is 2.67. The Kier molecular flexibility index (Phi) is 5.12. The monoisotopic (exact) mass is 275 g/mol. The number of rotatable bonds is 7. The minimum atomic E-state index is 0.203. The fourth-order valence-corrected chi connectivity index (χ4v) is 4.21. The summed E-state index contributed by atoms with van der Waals surface area (Å²) in [6.07, 6.45) is 5.74. The van der Waals surface area contributed by atoms with Crippen molar-refractivity contribution >= 4 is 11.8 Å². The van der Waals surface area contributed by atoms with Gasteiger partial charge in [-0.15, -0.1) is 18.3 Å². The first-order valence-corrected chi connectivity index (χ1v) is 8.14. The van der Waals surface area contributed by atoms with Crippen molar-refractivity contribution in [2.75, 3.05) is 13.1 Å². The van der Waals surface area contributed by atoms with Gasteiger partial charge in [-0.1, -0.05) is 38.1 Å². The summed E-state index contributed by atoms with van der Waals surface area (Å²) < 4.78 is 0. The molecule has 104 valence electrons. The molecule has 0 amide bonds. The number of hydrogen-bond acceptors (Lipinski definition) is 2. The predicted octanol–water partition coefficient (Wildman–Crippen LogP) is 4.29. The highest BCUT2D eigenvalue weighted by Gasteiger charge is 2.29. The third-order valence-corrected chi connectivity index (χ3v) is 5.18. The standard InChI is InChI=1S/C17H25NS/c1-4-10-18-13-17(3,5-2)12-15-11-14-8-6-7-9-16(14)19-15/h5-9,15,18H,2,4,10-13H2,1,3H3.